The van der Waals surface area contributed by atoms with Crippen LogP contribution in [0, 0.1) is 35.5 Å². The summed E-state index contributed by atoms with van der Waals surface area (Å²) in [6, 6.07) is 3.75. The fraction of sp³-hybridized carbons (Fsp3) is 1.00. The van der Waals surface area contributed by atoms with Gasteiger partial charge in [0.2, 0.25) is 0 Å². The zero-order chi connectivity index (χ0) is 25.3. The molecule has 0 N–H and O–H groups in total. The number of fused-ring (bicyclic) bond motifs is 5. The Hall–Kier alpha value is -0.0800. The standard InChI is InChI=1S/C36H62N2/c1-5-13-30(14-6-1)37(31-15-7-2-8-16-31)25-27-21-22-34-28-23-29(35(24-28)36(27)34)26-38(32-17-9-3-10-18-32)33-19-11-4-12-20-33/h27-36H,1-26H2. The highest BCUT2D eigenvalue weighted by Crippen LogP contribution is 2.63. The molecule has 0 aromatic rings. The van der Waals surface area contributed by atoms with Crippen molar-refractivity contribution in [3.8, 4) is 0 Å². The molecule has 0 heterocycles. The van der Waals surface area contributed by atoms with Crippen LogP contribution in [0.3, 0.4) is 0 Å². The van der Waals surface area contributed by atoms with Crippen molar-refractivity contribution in [2.45, 2.75) is 178 Å². The van der Waals surface area contributed by atoms with E-state index in [1.54, 1.807) is 25.7 Å². The Morgan fingerprint density at radius 3 is 1.24 bits per heavy atom. The second kappa shape index (κ2) is 12.4. The number of hydrogen-bond acceptors (Lipinski definition) is 2. The number of rotatable bonds is 8. The molecule has 0 aromatic heterocycles. The third-order valence-electron chi connectivity index (χ3n) is 13.9. The van der Waals surface area contributed by atoms with Crippen molar-refractivity contribution in [1.82, 2.24) is 9.80 Å². The van der Waals surface area contributed by atoms with Gasteiger partial charge in [-0.05, 0) is 113 Å². The molecule has 0 saturated heterocycles. The van der Waals surface area contributed by atoms with Gasteiger partial charge in [0.1, 0.15) is 0 Å². The largest absolute Gasteiger partial charge is 0.297 e. The maximum Gasteiger partial charge on any atom is 0.00983 e. The van der Waals surface area contributed by atoms with Crippen molar-refractivity contribution in [3.05, 3.63) is 0 Å². The predicted molar refractivity (Wildman–Crippen MR) is 160 cm³/mol. The first-order valence-corrected chi connectivity index (χ1v) is 18.4. The van der Waals surface area contributed by atoms with Crippen LogP contribution in [0.15, 0.2) is 0 Å². The monoisotopic (exact) mass is 522 g/mol. The van der Waals surface area contributed by atoms with E-state index in [0.717, 1.165) is 59.7 Å². The first-order chi connectivity index (χ1) is 18.8. The predicted octanol–water partition coefficient (Wildman–Crippen LogP) is 9.22. The summed E-state index contributed by atoms with van der Waals surface area (Å²) in [4.78, 5) is 6.39. The average Bonchev–Trinajstić information content (AvgIpc) is 3.70. The van der Waals surface area contributed by atoms with Gasteiger partial charge in [-0.2, -0.15) is 0 Å². The van der Waals surface area contributed by atoms with Gasteiger partial charge in [0.05, 0.1) is 0 Å². The van der Waals surface area contributed by atoms with Gasteiger partial charge in [0.25, 0.3) is 0 Å². The first kappa shape index (κ1) is 26.8. The molecular weight excluding hydrogens is 460 g/mol. The molecule has 6 unspecified atom stereocenters. The van der Waals surface area contributed by atoms with Crippen molar-refractivity contribution < 1.29 is 0 Å². The lowest BCUT2D eigenvalue weighted by molar-refractivity contribution is 0.0212. The Bertz CT molecular complexity index is 690. The molecule has 7 fully saturated rings. The van der Waals surface area contributed by atoms with Crippen LogP contribution in [0.5, 0.6) is 0 Å². The van der Waals surface area contributed by atoms with Gasteiger partial charge in [-0.25, -0.2) is 0 Å². The van der Waals surface area contributed by atoms with E-state index in [0.29, 0.717) is 0 Å². The summed E-state index contributed by atoms with van der Waals surface area (Å²) < 4.78 is 0. The Morgan fingerprint density at radius 1 is 0.368 bits per heavy atom. The van der Waals surface area contributed by atoms with Crippen molar-refractivity contribution in [2.24, 2.45) is 35.5 Å². The van der Waals surface area contributed by atoms with Gasteiger partial charge < -0.3 is 0 Å². The molecule has 0 spiro atoms. The highest BCUT2D eigenvalue weighted by atomic mass is 15.2. The van der Waals surface area contributed by atoms with Crippen molar-refractivity contribution in [3.63, 3.8) is 0 Å². The molecule has 7 aliphatic carbocycles. The van der Waals surface area contributed by atoms with Crippen molar-refractivity contribution >= 4 is 0 Å². The van der Waals surface area contributed by atoms with Crippen LogP contribution in [0.1, 0.15) is 154 Å². The van der Waals surface area contributed by atoms with E-state index in [1.807, 2.05) is 0 Å². The second-order valence-corrected chi connectivity index (χ2v) is 15.8. The Kier molecular flexibility index (Phi) is 8.76. The highest BCUT2D eigenvalue weighted by Gasteiger charge is 2.57. The van der Waals surface area contributed by atoms with Crippen molar-refractivity contribution in [1.29, 1.82) is 0 Å². The van der Waals surface area contributed by atoms with E-state index in [4.69, 9.17) is 0 Å². The summed E-state index contributed by atoms with van der Waals surface area (Å²) in [7, 11) is 0. The lowest BCUT2D eigenvalue weighted by Gasteiger charge is -2.46. The highest BCUT2D eigenvalue weighted by molar-refractivity contribution is 5.07. The molecule has 0 aliphatic heterocycles. The van der Waals surface area contributed by atoms with Crippen LogP contribution in [-0.2, 0) is 0 Å². The fourth-order valence-electron chi connectivity index (χ4n) is 12.2. The first-order valence-electron chi connectivity index (χ1n) is 18.4. The average molecular weight is 523 g/mol. The minimum Gasteiger partial charge on any atom is -0.297 e. The van der Waals surface area contributed by atoms with Crippen LogP contribution in [-0.4, -0.2) is 47.1 Å². The lowest BCUT2D eigenvalue weighted by atomic mass is 9.71. The minimum absolute atomic E-state index is 0.938. The third kappa shape index (κ3) is 5.54. The molecule has 2 nitrogen and oxygen atoms in total. The van der Waals surface area contributed by atoms with Crippen LogP contribution < -0.4 is 0 Å². The normalized spacial score (nSPS) is 39.9. The van der Waals surface area contributed by atoms with Crippen LogP contribution in [0.4, 0.5) is 0 Å². The van der Waals surface area contributed by atoms with E-state index in [2.05, 4.69) is 9.80 Å². The summed E-state index contributed by atoms with van der Waals surface area (Å²) in [5.41, 5.74) is 0. The molecule has 38 heavy (non-hydrogen) atoms. The third-order valence-corrected chi connectivity index (χ3v) is 13.9. The van der Waals surface area contributed by atoms with E-state index in [1.165, 1.54) is 142 Å². The van der Waals surface area contributed by atoms with Gasteiger partial charge in [-0.1, -0.05) is 77.0 Å². The van der Waals surface area contributed by atoms with Gasteiger partial charge in [-0.3, -0.25) is 9.80 Å². The zero-order valence-corrected chi connectivity index (χ0v) is 25.1. The van der Waals surface area contributed by atoms with Crippen molar-refractivity contribution in [2.75, 3.05) is 13.1 Å². The summed E-state index contributed by atoms with van der Waals surface area (Å²) in [5.74, 6) is 6.51. The maximum atomic E-state index is 3.20. The van der Waals surface area contributed by atoms with E-state index in [9.17, 15) is 0 Å². The summed E-state index contributed by atoms with van der Waals surface area (Å²) in [6.07, 6.45) is 36.7. The van der Waals surface area contributed by atoms with Crippen LogP contribution in [0.25, 0.3) is 0 Å². The SMILES string of the molecule is C1CCC(N(CC2CC3CC2C2C(CN(C4CCCCC4)C4CCCCC4)CCC32)C2CCCCC2)CC1. The molecule has 0 radical (unpaired) electrons. The maximum absolute atomic E-state index is 3.20. The second-order valence-electron chi connectivity index (χ2n) is 15.8. The molecule has 0 amide bonds. The van der Waals surface area contributed by atoms with Gasteiger partial charge >= 0.3 is 0 Å². The zero-order valence-electron chi connectivity index (χ0n) is 25.1. The van der Waals surface area contributed by atoms with E-state index >= 15 is 0 Å². The number of nitrogens with zero attached hydrogens (tertiary/aromatic N) is 2. The molecule has 6 atom stereocenters. The molecule has 7 rings (SSSR count). The van der Waals surface area contributed by atoms with E-state index in [-0.39, 0.29) is 0 Å². The molecule has 2 bridgehead atoms. The van der Waals surface area contributed by atoms with E-state index < -0.39 is 0 Å². The Labute approximate surface area is 236 Å². The molecular formula is C36H62N2. The van der Waals surface area contributed by atoms with Gasteiger partial charge in [-0.15, -0.1) is 0 Å². The summed E-state index contributed by atoms with van der Waals surface area (Å²) in [5, 5.41) is 0. The Morgan fingerprint density at radius 2 is 0.789 bits per heavy atom. The molecule has 2 heteroatoms. The number of hydrogen-bond donors (Lipinski definition) is 0. The van der Waals surface area contributed by atoms with Gasteiger partial charge in [0, 0.05) is 37.3 Å². The van der Waals surface area contributed by atoms with Crippen LogP contribution in [0.2, 0.25) is 0 Å². The molecule has 7 saturated carbocycles. The smallest absolute Gasteiger partial charge is 0.00983 e. The Balaban J connectivity index is 1.05. The minimum atomic E-state index is 0.938. The van der Waals surface area contributed by atoms with Gasteiger partial charge in [0.15, 0.2) is 0 Å². The topological polar surface area (TPSA) is 6.48 Å². The van der Waals surface area contributed by atoms with Crippen LogP contribution >= 0.6 is 0 Å². The molecule has 216 valence electrons. The lowest BCUT2D eigenvalue weighted by Crippen LogP contribution is -2.50. The fourth-order valence-corrected chi connectivity index (χ4v) is 12.2. The molecule has 7 aliphatic rings. The molecule has 0 aromatic carbocycles. The summed E-state index contributed by atoms with van der Waals surface area (Å²) >= 11 is 0. The summed E-state index contributed by atoms with van der Waals surface area (Å²) in [6.45, 7) is 3.00. The quantitative estimate of drug-likeness (QED) is 0.313.